The van der Waals surface area contributed by atoms with Crippen LogP contribution in [-0.2, 0) is 6.54 Å². The molecule has 1 aromatic rings. The second-order valence-corrected chi connectivity index (χ2v) is 6.10. The number of rotatable bonds is 2. The molecule has 0 bridgehead atoms. The second-order valence-electron chi connectivity index (χ2n) is 6.10. The molecule has 2 heterocycles. The first-order valence-electron chi connectivity index (χ1n) is 6.10. The lowest BCUT2D eigenvalue weighted by Gasteiger charge is -2.35. The van der Waals surface area contributed by atoms with Gasteiger partial charge in [-0.25, -0.2) is 9.07 Å². The van der Waals surface area contributed by atoms with Crippen LogP contribution < -0.4 is 0 Å². The van der Waals surface area contributed by atoms with E-state index in [0.717, 1.165) is 0 Å². The van der Waals surface area contributed by atoms with Crippen LogP contribution in [0.1, 0.15) is 34.1 Å². The number of halogens is 1. The van der Waals surface area contributed by atoms with Crippen molar-refractivity contribution in [2.45, 2.75) is 57.9 Å². The van der Waals surface area contributed by atoms with Crippen LogP contribution in [0.15, 0.2) is 12.4 Å². The third kappa shape index (κ3) is 2.65. The first kappa shape index (κ1) is 12.5. The summed E-state index contributed by atoms with van der Waals surface area (Å²) in [6.07, 6.45) is 3.86. The molecule has 4 nitrogen and oxygen atoms in total. The Balaban J connectivity index is 2.09. The lowest BCUT2D eigenvalue weighted by Crippen LogP contribution is -2.45. The van der Waals surface area contributed by atoms with Crippen LogP contribution in [0.5, 0.6) is 0 Å². The van der Waals surface area contributed by atoms with E-state index >= 15 is 0 Å². The van der Waals surface area contributed by atoms with Gasteiger partial charge in [0.1, 0.15) is 5.67 Å². The van der Waals surface area contributed by atoms with Crippen molar-refractivity contribution in [3.63, 3.8) is 0 Å². The molecule has 0 aliphatic carbocycles. The van der Waals surface area contributed by atoms with Gasteiger partial charge in [0.15, 0.2) is 0 Å². The number of hydrogen-bond donors (Lipinski definition) is 0. The molecule has 1 fully saturated rings. The van der Waals surface area contributed by atoms with Crippen molar-refractivity contribution >= 4 is 0 Å². The molecule has 1 aromatic heterocycles. The highest BCUT2D eigenvalue weighted by Gasteiger charge is 2.46. The van der Waals surface area contributed by atoms with E-state index in [-0.39, 0.29) is 11.6 Å². The van der Waals surface area contributed by atoms with Crippen LogP contribution in [0.4, 0.5) is 4.39 Å². The molecule has 5 heteroatoms. The first-order valence-corrected chi connectivity index (χ1v) is 6.10. The van der Waals surface area contributed by atoms with Crippen molar-refractivity contribution in [3.05, 3.63) is 12.4 Å². The standard InChI is InChI=1S/C12H21FN4/c1-10-7-12(13,8-16-6-5-14-15-16)9-17(10)11(2,3)4/h5-6,10H,7-9H2,1-4H3/t10-,12+/m1/s1. The molecular weight excluding hydrogens is 219 g/mol. The fraction of sp³-hybridized carbons (Fsp3) is 0.833. The summed E-state index contributed by atoms with van der Waals surface area (Å²) in [5, 5.41) is 7.56. The highest BCUT2D eigenvalue weighted by molar-refractivity contribution is 4.99. The summed E-state index contributed by atoms with van der Waals surface area (Å²) >= 11 is 0. The summed E-state index contributed by atoms with van der Waals surface area (Å²) in [5.41, 5.74) is -1.18. The molecule has 0 radical (unpaired) electrons. The fourth-order valence-corrected chi connectivity index (χ4v) is 2.79. The van der Waals surface area contributed by atoms with E-state index in [0.29, 0.717) is 19.5 Å². The summed E-state index contributed by atoms with van der Waals surface area (Å²) in [5.74, 6) is 0. The second kappa shape index (κ2) is 4.05. The molecule has 17 heavy (non-hydrogen) atoms. The van der Waals surface area contributed by atoms with Crippen molar-refractivity contribution in [1.82, 2.24) is 19.9 Å². The molecule has 1 aliphatic heterocycles. The number of alkyl halides is 1. The highest BCUT2D eigenvalue weighted by atomic mass is 19.1. The van der Waals surface area contributed by atoms with Gasteiger partial charge in [-0.05, 0) is 34.1 Å². The van der Waals surface area contributed by atoms with E-state index in [4.69, 9.17) is 0 Å². The minimum atomic E-state index is -1.19. The molecule has 2 rings (SSSR count). The van der Waals surface area contributed by atoms with E-state index < -0.39 is 5.67 Å². The molecule has 0 N–H and O–H groups in total. The summed E-state index contributed by atoms with van der Waals surface area (Å²) in [6.45, 7) is 9.25. The Morgan fingerprint density at radius 3 is 2.65 bits per heavy atom. The largest absolute Gasteiger partial charge is 0.292 e. The van der Waals surface area contributed by atoms with Gasteiger partial charge >= 0.3 is 0 Å². The molecule has 0 aromatic carbocycles. The van der Waals surface area contributed by atoms with Gasteiger partial charge in [-0.15, -0.1) is 5.10 Å². The number of aromatic nitrogens is 3. The smallest absolute Gasteiger partial charge is 0.144 e. The van der Waals surface area contributed by atoms with Crippen molar-refractivity contribution in [2.75, 3.05) is 6.54 Å². The highest BCUT2D eigenvalue weighted by Crippen LogP contribution is 2.36. The molecule has 1 aliphatic rings. The van der Waals surface area contributed by atoms with E-state index in [1.807, 2.05) is 0 Å². The van der Waals surface area contributed by atoms with Gasteiger partial charge in [0, 0.05) is 24.3 Å². The number of hydrogen-bond acceptors (Lipinski definition) is 3. The predicted octanol–water partition coefficient (Wildman–Crippen LogP) is 1.88. The Bertz CT molecular complexity index is 370. The summed E-state index contributed by atoms with van der Waals surface area (Å²) in [4.78, 5) is 2.23. The van der Waals surface area contributed by atoms with Crippen LogP contribution in [0.3, 0.4) is 0 Å². The molecular formula is C12H21FN4. The Hall–Kier alpha value is -0.970. The number of nitrogens with zero attached hydrogens (tertiary/aromatic N) is 4. The monoisotopic (exact) mass is 240 g/mol. The summed E-state index contributed by atoms with van der Waals surface area (Å²) in [7, 11) is 0. The Kier molecular flexibility index (Phi) is 2.97. The maximum Gasteiger partial charge on any atom is 0.144 e. The van der Waals surface area contributed by atoms with E-state index in [9.17, 15) is 4.39 Å². The van der Waals surface area contributed by atoms with E-state index in [1.165, 1.54) is 0 Å². The van der Waals surface area contributed by atoms with Crippen molar-refractivity contribution < 1.29 is 4.39 Å². The van der Waals surface area contributed by atoms with Crippen LogP contribution in [-0.4, -0.2) is 43.7 Å². The normalized spacial score (nSPS) is 31.0. The maximum absolute atomic E-state index is 14.8. The average Bonchev–Trinajstić information content (AvgIpc) is 2.73. The summed E-state index contributed by atoms with van der Waals surface area (Å²) in [6, 6.07) is 0.267. The zero-order valence-corrected chi connectivity index (χ0v) is 11.0. The lowest BCUT2D eigenvalue weighted by molar-refractivity contribution is 0.0909. The molecule has 0 amide bonds. The molecule has 0 saturated carbocycles. The molecule has 96 valence electrons. The zero-order valence-electron chi connectivity index (χ0n) is 11.0. The topological polar surface area (TPSA) is 34.0 Å². The minimum Gasteiger partial charge on any atom is -0.292 e. The van der Waals surface area contributed by atoms with Gasteiger partial charge in [0.25, 0.3) is 0 Å². The predicted molar refractivity (Wildman–Crippen MR) is 64.4 cm³/mol. The van der Waals surface area contributed by atoms with Gasteiger partial charge in [-0.1, -0.05) is 5.21 Å². The Morgan fingerprint density at radius 2 is 2.18 bits per heavy atom. The van der Waals surface area contributed by atoms with Gasteiger partial charge in [0.2, 0.25) is 0 Å². The zero-order chi connectivity index (χ0) is 12.7. The Labute approximate surface area is 102 Å². The van der Waals surface area contributed by atoms with Crippen molar-refractivity contribution in [1.29, 1.82) is 0 Å². The third-order valence-electron chi connectivity index (χ3n) is 3.43. The van der Waals surface area contributed by atoms with Crippen LogP contribution >= 0.6 is 0 Å². The Morgan fingerprint density at radius 1 is 1.47 bits per heavy atom. The number of likely N-dealkylation sites (tertiary alicyclic amines) is 1. The molecule has 1 saturated heterocycles. The van der Waals surface area contributed by atoms with Gasteiger partial charge < -0.3 is 0 Å². The van der Waals surface area contributed by atoms with Crippen LogP contribution in [0, 0.1) is 0 Å². The summed E-state index contributed by atoms with van der Waals surface area (Å²) < 4.78 is 16.4. The van der Waals surface area contributed by atoms with Gasteiger partial charge in [-0.3, -0.25) is 4.90 Å². The van der Waals surface area contributed by atoms with E-state index in [2.05, 4.69) is 42.9 Å². The van der Waals surface area contributed by atoms with E-state index in [1.54, 1.807) is 17.1 Å². The van der Waals surface area contributed by atoms with Crippen LogP contribution in [0.25, 0.3) is 0 Å². The first-order chi connectivity index (χ1) is 7.80. The lowest BCUT2D eigenvalue weighted by atomic mass is 10.0. The van der Waals surface area contributed by atoms with Crippen molar-refractivity contribution in [3.8, 4) is 0 Å². The van der Waals surface area contributed by atoms with Gasteiger partial charge in [-0.2, -0.15) is 0 Å². The SMILES string of the molecule is C[C@@H]1C[C@](F)(Cn2ccnn2)CN1C(C)(C)C. The molecule has 2 atom stereocenters. The fourth-order valence-electron chi connectivity index (χ4n) is 2.79. The third-order valence-corrected chi connectivity index (χ3v) is 3.43. The van der Waals surface area contributed by atoms with Crippen molar-refractivity contribution in [2.24, 2.45) is 0 Å². The maximum atomic E-state index is 14.8. The molecule has 0 unspecified atom stereocenters. The quantitative estimate of drug-likeness (QED) is 0.791. The van der Waals surface area contributed by atoms with Crippen LogP contribution in [0.2, 0.25) is 0 Å². The molecule has 0 spiro atoms. The minimum absolute atomic E-state index is 0.00955. The average molecular weight is 240 g/mol. The van der Waals surface area contributed by atoms with Gasteiger partial charge in [0.05, 0.1) is 12.7 Å².